The zero-order valence-corrected chi connectivity index (χ0v) is 16.9. The lowest BCUT2D eigenvalue weighted by Crippen LogP contribution is -2.57. The summed E-state index contributed by atoms with van der Waals surface area (Å²) >= 11 is 8.10. The molecule has 0 aliphatic carbocycles. The summed E-state index contributed by atoms with van der Waals surface area (Å²) < 4.78 is 13.6. The Morgan fingerprint density at radius 2 is 1.89 bits per heavy atom. The third-order valence-electron chi connectivity index (χ3n) is 5.22. The van der Waals surface area contributed by atoms with Gasteiger partial charge >= 0.3 is 0 Å². The van der Waals surface area contributed by atoms with Gasteiger partial charge in [-0.3, -0.25) is 4.99 Å². The number of amidine groups is 1. The van der Waals surface area contributed by atoms with Crippen molar-refractivity contribution in [2.75, 3.05) is 18.8 Å². The minimum Gasteiger partial charge on any atom is -0.369 e. The van der Waals surface area contributed by atoms with Gasteiger partial charge in [0, 0.05) is 29.3 Å². The first-order chi connectivity index (χ1) is 12.8. The van der Waals surface area contributed by atoms with Crippen molar-refractivity contribution in [3.05, 3.63) is 70.5 Å². The lowest BCUT2D eigenvalue weighted by atomic mass is 9.80. The highest BCUT2D eigenvalue weighted by molar-refractivity contribution is 8.14. The molecule has 0 bridgehead atoms. The fraction of sp³-hybridized carbons (Fsp3) is 0.381. The molecule has 2 aliphatic rings. The van der Waals surface area contributed by atoms with Crippen LogP contribution in [-0.4, -0.2) is 39.7 Å². The molecule has 2 heterocycles. The van der Waals surface area contributed by atoms with E-state index in [-0.39, 0.29) is 11.2 Å². The molecule has 2 aromatic rings. The number of rotatable bonds is 3. The smallest absolute Gasteiger partial charge is 0.161 e. The fourth-order valence-corrected chi connectivity index (χ4v) is 5.33. The van der Waals surface area contributed by atoms with E-state index in [9.17, 15) is 9.50 Å². The molecule has 1 fully saturated rings. The van der Waals surface area contributed by atoms with Gasteiger partial charge in [0.15, 0.2) is 10.9 Å². The monoisotopic (exact) mass is 404 g/mol. The van der Waals surface area contributed by atoms with Crippen molar-refractivity contribution in [1.29, 1.82) is 0 Å². The van der Waals surface area contributed by atoms with Crippen LogP contribution in [0.2, 0.25) is 5.02 Å². The Balaban J connectivity index is 1.86. The van der Waals surface area contributed by atoms with E-state index in [1.165, 1.54) is 12.1 Å². The molecule has 27 heavy (non-hydrogen) atoms. The maximum atomic E-state index is 13.6. The Labute approximate surface area is 168 Å². The molecule has 1 N–H and O–H groups in total. The summed E-state index contributed by atoms with van der Waals surface area (Å²) in [5.41, 5.74) is 0.441. The molecule has 6 heteroatoms. The summed E-state index contributed by atoms with van der Waals surface area (Å²) in [5, 5.41) is 13.4. The van der Waals surface area contributed by atoms with Crippen molar-refractivity contribution in [2.45, 2.75) is 25.5 Å². The van der Waals surface area contributed by atoms with Crippen LogP contribution >= 0.6 is 23.4 Å². The molecule has 2 aliphatic heterocycles. The molecule has 3 nitrogen and oxygen atoms in total. The van der Waals surface area contributed by atoms with Crippen molar-refractivity contribution in [3.8, 4) is 0 Å². The normalized spacial score (nSPS) is 25.1. The van der Waals surface area contributed by atoms with Crippen LogP contribution in [-0.2, 0) is 0 Å². The van der Waals surface area contributed by atoms with E-state index < -0.39 is 11.6 Å². The molecule has 2 aromatic carbocycles. The second kappa shape index (κ2) is 6.80. The van der Waals surface area contributed by atoms with Crippen molar-refractivity contribution < 1.29 is 9.50 Å². The van der Waals surface area contributed by atoms with Gasteiger partial charge in [-0.2, -0.15) is 0 Å². The van der Waals surface area contributed by atoms with Crippen molar-refractivity contribution >= 4 is 28.5 Å². The van der Waals surface area contributed by atoms with Crippen LogP contribution < -0.4 is 0 Å². The van der Waals surface area contributed by atoms with E-state index in [1.807, 2.05) is 29.2 Å². The van der Waals surface area contributed by atoms with Gasteiger partial charge in [0.05, 0.1) is 5.92 Å². The number of nitrogens with zero attached hydrogens (tertiary/aromatic N) is 2. The van der Waals surface area contributed by atoms with Gasteiger partial charge in [0.25, 0.3) is 0 Å². The molecule has 0 saturated carbocycles. The molecular weight excluding hydrogens is 383 g/mol. The fourth-order valence-electron chi connectivity index (χ4n) is 3.89. The van der Waals surface area contributed by atoms with Crippen LogP contribution in [0.4, 0.5) is 4.39 Å². The summed E-state index contributed by atoms with van der Waals surface area (Å²) in [6, 6.07) is 13.9. The molecule has 2 unspecified atom stereocenters. The zero-order chi connectivity index (χ0) is 19.2. The summed E-state index contributed by atoms with van der Waals surface area (Å²) in [4.78, 5) is 6.71. The maximum Gasteiger partial charge on any atom is 0.161 e. The lowest BCUT2D eigenvalue weighted by Gasteiger charge is -2.45. The Bertz CT molecular complexity index is 886. The predicted molar refractivity (Wildman–Crippen MR) is 110 cm³/mol. The second-order valence-corrected chi connectivity index (χ2v) is 9.37. The Morgan fingerprint density at radius 3 is 2.59 bits per heavy atom. The highest BCUT2D eigenvalue weighted by Crippen LogP contribution is 2.48. The van der Waals surface area contributed by atoms with E-state index in [4.69, 9.17) is 16.6 Å². The first kappa shape index (κ1) is 18.8. The highest BCUT2D eigenvalue weighted by atomic mass is 35.5. The number of aliphatic hydroxyl groups is 1. The summed E-state index contributed by atoms with van der Waals surface area (Å²) in [7, 11) is 0. The number of hydrogen-bond acceptors (Lipinski definition) is 4. The molecule has 142 valence electrons. The Morgan fingerprint density at radius 1 is 1.19 bits per heavy atom. The minimum atomic E-state index is -1.19. The Kier molecular flexibility index (Phi) is 4.73. The number of benzene rings is 2. The van der Waals surface area contributed by atoms with Crippen LogP contribution in [0.5, 0.6) is 0 Å². The molecule has 2 atom stereocenters. The molecule has 0 radical (unpaired) electrons. The first-order valence-corrected chi connectivity index (χ1v) is 10.3. The topological polar surface area (TPSA) is 35.8 Å². The summed E-state index contributed by atoms with van der Waals surface area (Å²) in [5.74, 6) is -0.235. The predicted octanol–water partition coefficient (Wildman–Crippen LogP) is 4.74. The molecule has 0 spiro atoms. The van der Waals surface area contributed by atoms with Gasteiger partial charge in [-0.15, -0.1) is 0 Å². The van der Waals surface area contributed by atoms with Gasteiger partial charge < -0.3 is 10.0 Å². The van der Waals surface area contributed by atoms with Gasteiger partial charge in [0.2, 0.25) is 0 Å². The van der Waals surface area contributed by atoms with Crippen LogP contribution in [0.1, 0.15) is 30.9 Å². The van der Waals surface area contributed by atoms with Crippen LogP contribution in [0.15, 0.2) is 53.5 Å². The number of hydrogen-bond donors (Lipinski definition) is 1. The third-order valence-corrected chi connectivity index (χ3v) is 6.74. The SMILES string of the molecule is CC1(C)CN=C2SCC(O)(C(c3ccc(F)cc3)c3ccccc3Cl)N2C1. The van der Waals surface area contributed by atoms with Crippen LogP contribution in [0.3, 0.4) is 0 Å². The zero-order valence-electron chi connectivity index (χ0n) is 15.3. The van der Waals surface area contributed by atoms with E-state index >= 15 is 0 Å². The molecule has 4 rings (SSSR count). The maximum absolute atomic E-state index is 13.6. The average molecular weight is 405 g/mol. The van der Waals surface area contributed by atoms with Gasteiger partial charge in [0.1, 0.15) is 5.82 Å². The molecular formula is C21H22ClFN2OS. The van der Waals surface area contributed by atoms with Crippen molar-refractivity contribution in [3.63, 3.8) is 0 Å². The minimum absolute atomic E-state index is 0.0315. The van der Waals surface area contributed by atoms with E-state index in [2.05, 4.69) is 13.8 Å². The standard InChI is InChI=1S/C21H22ClFN2OS/c1-20(2)11-24-19-25(12-20)21(26,13-27-19)18(14-7-9-15(23)10-8-14)16-5-3-4-6-17(16)22/h3-10,18,26H,11-13H2,1-2H3. The highest BCUT2D eigenvalue weighted by Gasteiger charge is 2.53. The largest absolute Gasteiger partial charge is 0.369 e. The van der Waals surface area contributed by atoms with Crippen LogP contribution in [0, 0.1) is 11.2 Å². The number of thioether (sulfide) groups is 1. The van der Waals surface area contributed by atoms with Crippen LogP contribution in [0.25, 0.3) is 0 Å². The van der Waals surface area contributed by atoms with Gasteiger partial charge in [-0.1, -0.05) is 67.5 Å². The van der Waals surface area contributed by atoms with Crippen molar-refractivity contribution in [2.24, 2.45) is 10.4 Å². The average Bonchev–Trinajstić information content (AvgIpc) is 2.94. The first-order valence-electron chi connectivity index (χ1n) is 8.97. The molecule has 0 aromatic heterocycles. The van der Waals surface area contributed by atoms with Gasteiger partial charge in [-0.25, -0.2) is 4.39 Å². The lowest BCUT2D eigenvalue weighted by molar-refractivity contribution is -0.0703. The number of halogens is 2. The summed E-state index contributed by atoms with van der Waals surface area (Å²) in [6.07, 6.45) is 0. The van der Waals surface area contributed by atoms with E-state index in [0.29, 0.717) is 17.3 Å². The molecule has 0 amide bonds. The van der Waals surface area contributed by atoms with Gasteiger partial charge in [-0.05, 0) is 29.3 Å². The third kappa shape index (κ3) is 3.37. The van der Waals surface area contributed by atoms with E-state index in [1.54, 1.807) is 23.9 Å². The Hall–Kier alpha value is -1.56. The summed E-state index contributed by atoms with van der Waals surface area (Å²) in [6.45, 7) is 5.75. The number of aliphatic imine (C=N–C) groups is 1. The second-order valence-electron chi connectivity index (χ2n) is 8.02. The number of fused-ring (bicyclic) bond motifs is 1. The van der Waals surface area contributed by atoms with E-state index in [0.717, 1.165) is 22.8 Å². The quantitative estimate of drug-likeness (QED) is 0.802. The molecule has 1 saturated heterocycles. The van der Waals surface area contributed by atoms with Crippen molar-refractivity contribution in [1.82, 2.24) is 4.90 Å².